The Morgan fingerprint density at radius 2 is 1.74 bits per heavy atom. The number of nitrogens with zero attached hydrogens (tertiary/aromatic N) is 1. The van der Waals surface area contributed by atoms with E-state index in [1.54, 1.807) is 35.5 Å². The van der Waals surface area contributed by atoms with Crippen molar-refractivity contribution in [2.45, 2.75) is 0 Å². The number of halogens is 1. The lowest BCUT2D eigenvalue weighted by Gasteiger charge is -2.02. The van der Waals surface area contributed by atoms with Crippen molar-refractivity contribution >= 4 is 23.1 Å². The van der Waals surface area contributed by atoms with E-state index in [2.05, 4.69) is 12.2 Å². The van der Waals surface area contributed by atoms with E-state index in [9.17, 15) is 14.5 Å². The highest BCUT2D eigenvalue weighted by atomic mass is 32.1. The van der Waals surface area contributed by atoms with Crippen LogP contribution in [0.3, 0.4) is 0 Å². The lowest BCUT2D eigenvalue weighted by atomic mass is 10.0. The van der Waals surface area contributed by atoms with Gasteiger partial charge in [-0.1, -0.05) is 42.5 Å². The number of isothiocyanates is 1. The predicted octanol–water partition coefficient (Wildman–Crippen LogP) is 4.07. The molecule has 2 rings (SSSR count). The summed E-state index contributed by atoms with van der Waals surface area (Å²) in [7, 11) is 0. The van der Waals surface area contributed by atoms with E-state index in [-0.39, 0.29) is 5.56 Å². The summed E-state index contributed by atoms with van der Waals surface area (Å²) >= 11 is 3.81. The van der Waals surface area contributed by atoms with Crippen molar-refractivity contribution in [2.75, 3.05) is 0 Å². The summed E-state index contributed by atoms with van der Waals surface area (Å²) < 4.78 is 13.8. The highest BCUT2D eigenvalue weighted by Gasteiger charge is 2.17. The summed E-state index contributed by atoms with van der Waals surface area (Å²) in [5.41, 5.74) is 0.375. The molecule has 0 saturated heterocycles. The average Bonchev–Trinajstić information content (AvgIpc) is 2.40. The first kappa shape index (κ1) is 14.6. The predicted molar refractivity (Wildman–Crippen MR) is 73.8 cm³/mol. The second-order valence-electron chi connectivity index (χ2n) is 3.36. The maximum absolute atomic E-state index is 13.8. The Morgan fingerprint density at radius 3 is 2.26 bits per heavy atom. The number of hydrogen-bond acceptors (Lipinski definition) is 4. The summed E-state index contributed by atoms with van der Waals surface area (Å²) in [6.07, 6.45) is 0. The molecular formula is C13H9FN2O2S. The second-order valence-corrected chi connectivity index (χ2v) is 3.57. The van der Waals surface area contributed by atoms with Crippen LogP contribution in [0.15, 0.2) is 48.5 Å². The smallest absolute Gasteiger partial charge is 0.258 e. The Balaban J connectivity index is 0.000000550. The molecule has 0 radical (unpaired) electrons. The summed E-state index contributed by atoms with van der Waals surface area (Å²) in [4.78, 5) is 9.85. The molecule has 2 aromatic carbocycles. The Hall–Kier alpha value is -2.43. The molecule has 0 aliphatic heterocycles. The number of nitro benzene ring substituents is 1. The fraction of sp³-hybridized carbons (Fsp3) is 0. The van der Waals surface area contributed by atoms with Crippen LogP contribution in [0.5, 0.6) is 0 Å². The highest BCUT2D eigenvalue weighted by molar-refractivity contribution is 7.78. The molecule has 1 N–H and O–H groups in total. The van der Waals surface area contributed by atoms with Crippen LogP contribution in [-0.2, 0) is 0 Å². The molecule has 0 atom stereocenters. The molecule has 0 aliphatic rings. The summed E-state index contributed by atoms with van der Waals surface area (Å²) in [5.74, 6) is -0.793. The van der Waals surface area contributed by atoms with Crippen LogP contribution in [0.4, 0.5) is 10.1 Å². The third-order valence-electron chi connectivity index (χ3n) is 2.26. The Labute approximate surface area is 114 Å². The molecule has 96 valence electrons. The zero-order valence-corrected chi connectivity index (χ0v) is 10.5. The number of hydrogen-bond donors (Lipinski definition) is 1. The van der Waals surface area contributed by atoms with Crippen LogP contribution >= 0.6 is 12.2 Å². The van der Waals surface area contributed by atoms with E-state index in [1.165, 1.54) is 12.1 Å². The minimum Gasteiger partial charge on any atom is -0.258 e. The van der Waals surface area contributed by atoms with Gasteiger partial charge in [0.2, 0.25) is 5.82 Å². The van der Waals surface area contributed by atoms with Gasteiger partial charge in [0.15, 0.2) is 0 Å². The highest BCUT2D eigenvalue weighted by Crippen LogP contribution is 2.28. The van der Waals surface area contributed by atoms with Crippen LogP contribution in [0, 0.1) is 21.3 Å². The van der Waals surface area contributed by atoms with E-state index >= 15 is 0 Å². The molecule has 0 spiro atoms. The molecule has 4 nitrogen and oxygen atoms in total. The molecule has 0 aliphatic carbocycles. The van der Waals surface area contributed by atoms with Gasteiger partial charge in [-0.3, -0.25) is 10.1 Å². The molecule has 19 heavy (non-hydrogen) atoms. The van der Waals surface area contributed by atoms with E-state index in [0.717, 1.165) is 6.07 Å². The number of nitrogens with one attached hydrogen (secondary N) is 1. The standard InChI is InChI=1S/C12H8FNO2.CHNS/c13-12-10(9-5-2-1-3-6-9)7-4-8-11(12)14(15)16;2-1-3/h1-8H;2H. The first-order valence-corrected chi connectivity index (χ1v) is 5.54. The Kier molecular flexibility index (Phi) is 5.47. The molecule has 0 bridgehead atoms. The van der Waals surface area contributed by atoms with Crippen molar-refractivity contribution in [3.63, 3.8) is 0 Å². The van der Waals surface area contributed by atoms with Crippen molar-refractivity contribution in [3.05, 3.63) is 64.5 Å². The van der Waals surface area contributed by atoms with Gasteiger partial charge in [-0.05, 0) is 17.8 Å². The Bertz CT molecular complexity index is 611. The maximum atomic E-state index is 13.8. The zero-order chi connectivity index (χ0) is 14.3. The van der Waals surface area contributed by atoms with E-state index in [0.29, 0.717) is 5.56 Å². The van der Waals surface area contributed by atoms with Gasteiger partial charge in [-0.25, -0.2) is 5.41 Å². The minimum absolute atomic E-state index is 0.245. The lowest BCUT2D eigenvalue weighted by Crippen LogP contribution is -1.94. The SMILES string of the molecule is N=C=S.O=[N+]([O-])c1cccc(-c2ccccc2)c1F. The van der Waals surface area contributed by atoms with Gasteiger partial charge < -0.3 is 0 Å². The zero-order valence-electron chi connectivity index (χ0n) is 9.67. The largest absolute Gasteiger partial charge is 0.305 e. The van der Waals surface area contributed by atoms with Crippen LogP contribution in [0.25, 0.3) is 11.1 Å². The first-order chi connectivity index (χ1) is 9.11. The van der Waals surface area contributed by atoms with Crippen LogP contribution in [-0.4, -0.2) is 10.1 Å². The topological polar surface area (TPSA) is 67.0 Å². The molecular weight excluding hydrogens is 267 g/mol. The van der Waals surface area contributed by atoms with Gasteiger partial charge in [0.25, 0.3) is 0 Å². The molecule has 0 unspecified atom stereocenters. The van der Waals surface area contributed by atoms with Gasteiger partial charge >= 0.3 is 5.69 Å². The third-order valence-corrected chi connectivity index (χ3v) is 2.26. The molecule has 0 fully saturated rings. The average molecular weight is 276 g/mol. The third kappa shape index (κ3) is 3.77. The van der Waals surface area contributed by atoms with Crippen molar-refractivity contribution in [2.24, 2.45) is 0 Å². The molecule has 0 heterocycles. The van der Waals surface area contributed by atoms with Crippen molar-refractivity contribution in [3.8, 4) is 11.1 Å². The minimum atomic E-state index is -0.793. The van der Waals surface area contributed by atoms with Crippen LogP contribution in [0.2, 0.25) is 0 Å². The van der Waals surface area contributed by atoms with Gasteiger partial charge in [0.05, 0.1) is 10.1 Å². The fourth-order valence-electron chi connectivity index (χ4n) is 1.50. The van der Waals surface area contributed by atoms with Gasteiger partial charge in [-0.15, -0.1) is 0 Å². The van der Waals surface area contributed by atoms with E-state index in [1.807, 2.05) is 0 Å². The van der Waals surface area contributed by atoms with Crippen molar-refractivity contribution in [1.82, 2.24) is 0 Å². The van der Waals surface area contributed by atoms with Gasteiger partial charge in [0, 0.05) is 11.6 Å². The Morgan fingerprint density at radius 1 is 1.16 bits per heavy atom. The van der Waals surface area contributed by atoms with Crippen LogP contribution in [0.1, 0.15) is 0 Å². The second kappa shape index (κ2) is 7.10. The van der Waals surface area contributed by atoms with Crippen molar-refractivity contribution < 1.29 is 9.31 Å². The van der Waals surface area contributed by atoms with Crippen LogP contribution < -0.4 is 0 Å². The van der Waals surface area contributed by atoms with Gasteiger partial charge in [0.1, 0.15) is 0 Å². The van der Waals surface area contributed by atoms with E-state index < -0.39 is 16.4 Å². The number of benzene rings is 2. The summed E-state index contributed by atoms with van der Waals surface area (Å²) in [6.45, 7) is 0. The molecule has 0 aromatic heterocycles. The van der Waals surface area contributed by atoms with Gasteiger partial charge in [-0.2, -0.15) is 4.39 Å². The summed E-state index contributed by atoms with van der Waals surface area (Å²) in [5, 5.41) is 17.9. The molecule has 0 saturated carbocycles. The summed E-state index contributed by atoms with van der Waals surface area (Å²) in [6, 6.07) is 12.9. The maximum Gasteiger partial charge on any atom is 0.305 e. The van der Waals surface area contributed by atoms with Crippen molar-refractivity contribution in [1.29, 1.82) is 5.41 Å². The first-order valence-electron chi connectivity index (χ1n) is 5.14. The number of thiocarbonyl (C=S) groups is 1. The van der Waals surface area contributed by atoms with E-state index in [4.69, 9.17) is 5.41 Å². The fourth-order valence-corrected chi connectivity index (χ4v) is 1.50. The molecule has 0 amide bonds. The number of rotatable bonds is 2. The number of nitro groups is 1. The lowest BCUT2D eigenvalue weighted by molar-refractivity contribution is -0.387. The molecule has 6 heteroatoms. The molecule has 2 aromatic rings. The quantitative estimate of drug-likeness (QED) is 0.389. The monoisotopic (exact) mass is 276 g/mol. The normalized spacial score (nSPS) is 8.89.